The number of fused-ring (bicyclic) bond motifs is 1. The van der Waals surface area contributed by atoms with Crippen LogP contribution in [0.5, 0.6) is 0 Å². The Bertz CT molecular complexity index is 824. The van der Waals surface area contributed by atoms with Gasteiger partial charge in [0.05, 0.1) is 5.69 Å². The summed E-state index contributed by atoms with van der Waals surface area (Å²) < 4.78 is 0. The van der Waals surface area contributed by atoms with Crippen LogP contribution >= 0.6 is 0 Å². The van der Waals surface area contributed by atoms with Crippen LogP contribution in [-0.2, 0) is 12.8 Å². The van der Waals surface area contributed by atoms with E-state index in [1.54, 1.807) is 6.07 Å². The first-order valence-electron chi connectivity index (χ1n) is 9.93. The number of rotatable bonds is 4. The third-order valence-electron chi connectivity index (χ3n) is 6.23. The molecular formula is C21H26N4O. The molecule has 0 unspecified atom stereocenters. The number of benzene rings is 1. The normalized spacial score (nSPS) is 25.3. The Labute approximate surface area is 153 Å². The average Bonchev–Trinajstić information content (AvgIpc) is 3.26. The number of H-pyrrole nitrogens is 1. The third-order valence-corrected chi connectivity index (χ3v) is 6.23. The van der Waals surface area contributed by atoms with Gasteiger partial charge in [-0.25, -0.2) is 4.98 Å². The SMILES string of the molecule is O=c1cc(C2CC(NC3Cc4ccccc4C3)C2)nc(N2CCCC2)[nH]1. The quantitative estimate of drug-likeness (QED) is 0.889. The lowest BCUT2D eigenvalue weighted by molar-refractivity contribution is 0.262. The van der Waals surface area contributed by atoms with Crippen molar-refractivity contribution in [3.05, 3.63) is 57.5 Å². The molecular weight excluding hydrogens is 324 g/mol. The van der Waals surface area contributed by atoms with Crippen LogP contribution in [0.1, 0.15) is 48.4 Å². The van der Waals surface area contributed by atoms with Crippen molar-refractivity contribution < 1.29 is 0 Å². The zero-order valence-corrected chi connectivity index (χ0v) is 15.1. The molecule has 1 aromatic heterocycles. The highest BCUT2D eigenvalue weighted by atomic mass is 16.1. The predicted molar refractivity (Wildman–Crippen MR) is 103 cm³/mol. The molecule has 3 aliphatic rings. The number of aromatic amines is 1. The third kappa shape index (κ3) is 3.05. The van der Waals surface area contributed by atoms with Crippen molar-refractivity contribution in [2.75, 3.05) is 18.0 Å². The van der Waals surface area contributed by atoms with Crippen molar-refractivity contribution in [3.8, 4) is 0 Å². The summed E-state index contributed by atoms with van der Waals surface area (Å²) in [5.41, 5.74) is 3.95. The number of hydrogen-bond acceptors (Lipinski definition) is 4. The molecule has 1 saturated heterocycles. The fourth-order valence-electron chi connectivity index (χ4n) is 4.76. The second kappa shape index (κ2) is 6.54. The zero-order chi connectivity index (χ0) is 17.5. The average molecular weight is 350 g/mol. The molecule has 1 saturated carbocycles. The molecule has 5 rings (SSSR count). The second-order valence-corrected chi connectivity index (χ2v) is 8.09. The maximum Gasteiger partial charge on any atom is 0.252 e. The van der Waals surface area contributed by atoms with E-state index >= 15 is 0 Å². The largest absolute Gasteiger partial charge is 0.342 e. The monoisotopic (exact) mass is 350 g/mol. The first-order chi connectivity index (χ1) is 12.7. The van der Waals surface area contributed by atoms with Crippen molar-refractivity contribution in [1.82, 2.24) is 15.3 Å². The molecule has 0 bridgehead atoms. The molecule has 0 atom stereocenters. The van der Waals surface area contributed by atoms with Gasteiger partial charge in [0.25, 0.3) is 5.56 Å². The van der Waals surface area contributed by atoms with Gasteiger partial charge in [0, 0.05) is 37.2 Å². The number of anilines is 1. The van der Waals surface area contributed by atoms with E-state index in [4.69, 9.17) is 4.98 Å². The molecule has 2 fully saturated rings. The molecule has 1 aliphatic heterocycles. The maximum atomic E-state index is 12.1. The molecule has 2 N–H and O–H groups in total. The summed E-state index contributed by atoms with van der Waals surface area (Å²) in [5, 5.41) is 3.82. The van der Waals surface area contributed by atoms with E-state index in [1.165, 1.54) is 24.0 Å². The van der Waals surface area contributed by atoms with E-state index in [-0.39, 0.29) is 5.56 Å². The summed E-state index contributed by atoms with van der Waals surface area (Å²) in [5.74, 6) is 1.19. The van der Waals surface area contributed by atoms with Gasteiger partial charge in [-0.1, -0.05) is 24.3 Å². The Kier molecular flexibility index (Phi) is 4.04. The van der Waals surface area contributed by atoms with E-state index < -0.39 is 0 Å². The molecule has 2 heterocycles. The highest BCUT2D eigenvalue weighted by Gasteiger charge is 2.34. The van der Waals surface area contributed by atoms with Crippen molar-refractivity contribution >= 4 is 5.95 Å². The van der Waals surface area contributed by atoms with Gasteiger partial charge in [-0.05, 0) is 49.7 Å². The van der Waals surface area contributed by atoms with Crippen LogP contribution in [0.3, 0.4) is 0 Å². The fourth-order valence-corrected chi connectivity index (χ4v) is 4.76. The number of hydrogen-bond donors (Lipinski definition) is 2. The van der Waals surface area contributed by atoms with Crippen LogP contribution in [0, 0.1) is 0 Å². The summed E-state index contributed by atoms with van der Waals surface area (Å²) in [4.78, 5) is 22.0. The summed E-state index contributed by atoms with van der Waals surface area (Å²) in [6.45, 7) is 2.01. The smallest absolute Gasteiger partial charge is 0.252 e. The van der Waals surface area contributed by atoms with Crippen LogP contribution in [-0.4, -0.2) is 35.1 Å². The molecule has 0 amide bonds. The van der Waals surface area contributed by atoms with Gasteiger partial charge in [-0.3, -0.25) is 9.78 Å². The van der Waals surface area contributed by atoms with Gasteiger partial charge in [0.1, 0.15) is 0 Å². The lowest BCUT2D eigenvalue weighted by Gasteiger charge is -2.37. The molecule has 2 aliphatic carbocycles. The minimum Gasteiger partial charge on any atom is -0.342 e. The Morgan fingerprint density at radius 3 is 2.42 bits per heavy atom. The lowest BCUT2D eigenvalue weighted by atomic mass is 9.77. The summed E-state index contributed by atoms with van der Waals surface area (Å²) in [7, 11) is 0. The molecule has 1 aromatic carbocycles. The Hall–Kier alpha value is -2.14. The molecule has 0 radical (unpaired) electrons. The van der Waals surface area contributed by atoms with Gasteiger partial charge in [0.15, 0.2) is 0 Å². The Balaban J connectivity index is 1.20. The van der Waals surface area contributed by atoms with Crippen LogP contribution in [0.15, 0.2) is 35.1 Å². The molecule has 0 spiro atoms. The van der Waals surface area contributed by atoms with Crippen molar-refractivity contribution in [1.29, 1.82) is 0 Å². The molecule has 26 heavy (non-hydrogen) atoms. The first kappa shape index (κ1) is 16.1. The van der Waals surface area contributed by atoms with E-state index in [9.17, 15) is 4.79 Å². The zero-order valence-electron chi connectivity index (χ0n) is 15.1. The molecule has 5 heteroatoms. The second-order valence-electron chi connectivity index (χ2n) is 8.09. The number of aromatic nitrogens is 2. The fraction of sp³-hybridized carbons (Fsp3) is 0.524. The van der Waals surface area contributed by atoms with Crippen LogP contribution in [0.4, 0.5) is 5.95 Å². The minimum absolute atomic E-state index is 0.0143. The van der Waals surface area contributed by atoms with E-state index in [0.29, 0.717) is 18.0 Å². The van der Waals surface area contributed by atoms with Crippen molar-refractivity contribution in [3.63, 3.8) is 0 Å². The minimum atomic E-state index is -0.0143. The van der Waals surface area contributed by atoms with Crippen LogP contribution in [0.25, 0.3) is 0 Å². The van der Waals surface area contributed by atoms with Crippen LogP contribution < -0.4 is 15.8 Å². The summed E-state index contributed by atoms with van der Waals surface area (Å²) in [6.07, 6.45) is 6.82. The van der Waals surface area contributed by atoms with Crippen molar-refractivity contribution in [2.45, 2.75) is 56.5 Å². The topological polar surface area (TPSA) is 61.0 Å². The van der Waals surface area contributed by atoms with Crippen molar-refractivity contribution in [2.24, 2.45) is 0 Å². The van der Waals surface area contributed by atoms with Gasteiger partial charge in [0.2, 0.25) is 5.95 Å². The molecule has 136 valence electrons. The van der Waals surface area contributed by atoms with E-state index in [0.717, 1.165) is 50.4 Å². The highest BCUT2D eigenvalue weighted by Crippen LogP contribution is 2.37. The van der Waals surface area contributed by atoms with E-state index in [1.807, 2.05) is 0 Å². The van der Waals surface area contributed by atoms with Gasteiger partial charge < -0.3 is 10.2 Å². The summed E-state index contributed by atoms with van der Waals surface area (Å²) in [6, 6.07) is 11.6. The number of nitrogens with one attached hydrogen (secondary N) is 2. The Morgan fingerprint density at radius 2 is 1.73 bits per heavy atom. The van der Waals surface area contributed by atoms with Gasteiger partial charge >= 0.3 is 0 Å². The van der Waals surface area contributed by atoms with Gasteiger partial charge in [-0.2, -0.15) is 0 Å². The number of nitrogens with zero attached hydrogens (tertiary/aromatic N) is 2. The maximum absolute atomic E-state index is 12.1. The Morgan fingerprint density at radius 1 is 1.04 bits per heavy atom. The molecule has 2 aromatic rings. The highest BCUT2D eigenvalue weighted by molar-refractivity contribution is 5.34. The van der Waals surface area contributed by atoms with E-state index in [2.05, 4.69) is 39.5 Å². The van der Waals surface area contributed by atoms with Crippen LogP contribution in [0.2, 0.25) is 0 Å². The lowest BCUT2D eigenvalue weighted by Crippen LogP contribution is -2.46. The summed E-state index contributed by atoms with van der Waals surface area (Å²) >= 11 is 0. The molecule has 5 nitrogen and oxygen atoms in total. The standard InChI is InChI=1S/C21H26N4O/c26-20-13-19(23-21(24-20)25-7-3-4-8-25)16-11-18(12-16)22-17-9-14-5-1-2-6-15(14)10-17/h1-2,5-6,13,16-18,22H,3-4,7-12H2,(H,23,24,26). The van der Waals surface area contributed by atoms with Gasteiger partial charge in [-0.15, -0.1) is 0 Å². The predicted octanol–water partition coefficient (Wildman–Crippen LogP) is 2.37. The first-order valence-corrected chi connectivity index (χ1v) is 9.93.